The summed E-state index contributed by atoms with van der Waals surface area (Å²) < 4.78 is 28.5. The molecule has 0 radical (unpaired) electrons. The highest BCUT2D eigenvalue weighted by Crippen LogP contribution is 2.30. The van der Waals surface area contributed by atoms with Crippen LogP contribution in [0.25, 0.3) is 33.1 Å². The molecule has 1 aliphatic rings. The number of likely N-dealkylation sites (tertiary alicyclic amines) is 1. The molecule has 44 heavy (non-hydrogen) atoms. The van der Waals surface area contributed by atoms with Gasteiger partial charge in [0.2, 0.25) is 0 Å². The van der Waals surface area contributed by atoms with Crippen LogP contribution >= 0.6 is 11.6 Å². The average molecular weight is 624 g/mol. The molecule has 0 bridgehead atoms. The number of fused-ring (bicyclic) bond motifs is 4. The van der Waals surface area contributed by atoms with Crippen LogP contribution in [0, 0.1) is 0 Å². The van der Waals surface area contributed by atoms with E-state index in [0.29, 0.717) is 22.1 Å². The third-order valence-electron chi connectivity index (χ3n) is 8.04. The van der Waals surface area contributed by atoms with E-state index in [1.807, 2.05) is 18.7 Å². The van der Waals surface area contributed by atoms with Crippen LogP contribution in [0.5, 0.6) is 0 Å². The van der Waals surface area contributed by atoms with E-state index in [1.165, 1.54) is 42.9 Å². The van der Waals surface area contributed by atoms with Crippen LogP contribution in [0.1, 0.15) is 24.4 Å². The molecule has 0 unspecified atom stereocenters. The SMILES string of the molecule is O=S(=O)(c1ccccc1)n1ccc2c(Cl)ccnc21.c1ccc(CN2CCC[C@@H](n3cnc4cnc5[nH]ccc5c43)C2)cc1. The van der Waals surface area contributed by atoms with E-state index >= 15 is 0 Å². The highest BCUT2D eigenvalue weighted by Gasteiger charge is 2.24. The number of hydrogen-bond donors (Lipinski definition) is 1. The summed E-state index contributed by atoms with van der Waals surface area (Å²) in [5, 5.41) is 2.26. The smallest absolute Gasteiger partial charge is 0.269 e. The van der Waals surface area contributed by atoms with Gasteiger partial charge in [0.15, 0.2) is 5.65 Å². The summed E-state index contributed by atoms with van der Waals surface area (Å²) in [7, 11) is -3.64. The van der Waals surface area contributed by atoms with Gasteiger partial charge in [-0.3, -0.25) is 4.90 Å². The van der Waals surface area contributed by atoms with Gasteiger partial charge in [0.25, 0.3) is 10.0 Å². The van der Waals surface area contributed by atoms with E-state index in [2.05, 4.69) is 65.8 Å². The Labute approximate surface area is 259 Å². The summed E-state index contributed by atoms with van der Waals surface area (Å²) in [6.07, 6.45) is 11.2. The second kappa shape index (κ2) is 11.9. The van der Waals surface area contributed by atoms with Crippen LogP contribution in [0.2, 0.25) is 5.02 Å². The van der Waals surface area contributed by atoms with Crippen molar-refractivity contribution in [1.29, 1.82) is 0 Å². The van der Waals surface area contributed by atoms with E-state index in [-0.39, 0.29) is 4.90 Å². The molecule has 11 heteroatoms. The topological polar surface area (TPSA) is 102 Å². The van der Waals surface area contributed by atoms with Crippen molar-refractivity contribution in [1.82, 2.24) is 33.4 Å². The number of imidazole rings is 1. The first-order valence-corrected chi connectivity index (χ1v) is 16.3. The van der Waals surface area contributed by atoms with E-state index in [9.17, 15) is 8.42 Å². The Morgan fingerprint density at radius 2 is 1.70 bits per heavy atom. The third-order valence-corrected chi connectivity index (χ3v) is 10.1. The first kappa shape index (κ1) is 28.3. The van der Waals surface area contributed by atoms with Gasteiger partial charge >= 0.3 is 0 Å². The number of nitrogens with one attached hydrogen (secondary N) is 1. The molecule has 0 saturated carbocycles. The van der Waals surface area contributed by atoms with Gasteiger partial charge in [-0.05, 0) is 55.3 Å². The molecule has 5 aromatic heterocycles. The van der Waals surface area contributed by atoms with Crippen LogP contribution < -0.4 is 0 Å². The van der Waals surface area contributed by atoms with Crippen molar-refractivity contribution in [3.63, 3.8) is 0 Å². The lowest BCUT2D eigenvalue weighted by Gasteiger charge is -2.33. The van der Waals surface area contributed by atoms with Crippen molar-refractivity contribution in [2.24, 2.45) is 0 Å². The highest BCUT2D eigenvalue weighted by molar-refractivity contribution is 7.90. The molecule has 1 fully saturated rings. The Hall–Kier alpha value is -4.51. The highest BCUT2D eigenvalue weighted by atomic mass is 35.5. The quantitative estimate of drug-likeness (QED) is 0.230. The second-order valence-corrected chi connectivity index (χ2v) is 13.1. The minimum absolute atomic E-state index is 0.217. The zero-order valence-electron chi connectivity index (χ0n) is 23.8. The molecule has 222 valence electrons. The summed E-state index contributed by atoms with van der Waals surface area (Å²) in [5.41, 5.74) is 4.84. The van der Waals surface area contributed by atoms with Gasteiger partial charge in [-0.1, -0.05) is 60.1 Å². The number of piperidine rings is 1. The summed E-state index contributed by atoms with van der Waals surface area (Å²) >= 11 is 6.02. The maximum atomic E-state index is 12.5. The molecule has 8 rings (SSSR count). The van der Waals surface area contributed by atoms with Crippen molar-refractivity contribution < 1.29 is 8.42 Å². The van der Waals surface area contributed by atoms with Crippen LogP contribution in [0.4, 0.5) is 0 Å². The molecule has 9 nitrogen and oxygen atoms in total. The minimum atomic E-state index is -3.64. The molecule has 7 aromatic rings. The summed E-state index contributed by atoms with van der Waals surface area (Å²) in [4.78, 5) is 19.1. The van der Waals surface area contributed by atoms with Gasteiger partial charge < -0.3 is 9.55 Å². The van der Waals surface area contributed by atoms with E-state index in [0.717, 1.165) is 33.6 Å². The lowest BCUT2D eigenvalue weighted by Crippen LogP contribution is -2.35. The maximum Gasteiger partial charge on any atom is 0.269 e. The number of nitrogens with zero attached hydrogens (tertiary/aromatic N) is 6. The van der Waals surface area contributed by atoms with Crippen molar-refractivity contribution in [2.75, 3.05) is 13.1 Å². The standard InChI is InChI=1S/C20H21N5.C13H9ClN2O2S/c1-2-5-15(6-3-1)12-24-10-4-7-16(13-24)25-14-23-18-11-22-20-17(19(18)25)8-9-21-20;14-12-6-8-15-13-11(12)7-9-16(13)19(17,18)10-4-2-1-3-5-10/h1-3,5-6,8-9,11,14,16H,4,7,10,12-13H2,(H,21,22);1-9H/t16-;/m1./s1. The number of aromatic amines is 1. The number of pyridine rings is 2. The molecular weight excluding hydrogens is 594 g/mol. The van der Waals surface area contributed by atoms with Crippen LogP contribution in [0.15, 0.2) is 115 Å². The average Bonchev–Trinajstić information content (AvgIpc) is 3.81. The lowest BCUT2D eigenvalue weighted by molar-refractivity contribution is 0.172. The number of rotatable bonds is 5. The van der Waals surface area contributed by atoms with Gasteiger partial charge in [0, 0.05) is 48.5 Å². The van der Waals surface area contributed by atoms with Crippen molar-refractivity contribution in [3.05, 3.63) is 121 Å². The number of halogens is 1. The van der Waals surface area contributed by atoms with Crippen LogP contribution in [-0.4, -0.2) is 54.9 Å². The monoisotopic (exact) mass is 623 g/mol. The zero-order chi connectivity index (χ0) is 30.1. The predicted molar refractivity (Wildman–Crippen MR) is 173 cm³/mol. The van der Waals surface area contributed by atoms with Gasteiger partial charge in [-0.2, -0.15) is 0 Å². The molecule has 0 spiro atoms. The van der Waals surface area contributed by atoms with Gasteiger partial charge in [-0.25, -0.2) is 27.3 Å². The second-order valence-electron chi connectivity index (χ2n) is 10.9. The van der Waals surface area contributed by atoms with Crippen LogP contribution in [-0.2, 0) is 16.6 Å². The van der Waals surface area contributed by atoms with Gasteiger partial charge in [0.05, 0.1) is 28.0 Å². The molecule has 1 N–H and O–H groups in total. The Kier molecular flexibility index (Phi) is 7.63. The largest absolute Gasteiger partial charge is 0.346 e. The zero-order valence-corrected chi connectivity index (χ0v) is 25.4. The normalized spacial score (nSPS) is 15.9. The Balaban J connectivity index is 0.000000148. The summed E-state index contributed by atoms with van der Waals surface area (Å²) in [6.45, 7) is 3.25. The molecular formula is C33H30ClN7O2S. The fourth-order valence-corrected chi connectivity index (χ4v) is 7.46. The molecule has 1 saturated heterocycles. The van der Waals surface area contributed by atoms with Crippen molar-refractivity contribution in [3.8, 4) is 0 Å². The number of benzene rings is 2. The van der Waals surface area contributed by atoms with Crippen molar-refractivity contribution >= 4 is 54.7 Å². The Morgan fingerprint density at radius 3 is 2.52 bits per heavy atom. The first-order valence-electron chi connectivity index (χ1n) is 14.5. The molecule has 1 atom stereocenters. The lowest BCUT2D eigenvalue weighted by atomic mass is 10.0. The first-order chi connectivity index (χ1) is 21.5. The molecule has 6 heterocycles. The Morgan fingerprint density at radius 1 is 0.909 bits per heavy atom. The number of H-pyrrole nitrogens is 1. The third kappa shape index (κ3) is 5.36. The van der Waals surface area contributed by atoms with Crippen LogP contribution in [0.3, 0.4) is 0 Å². The molecule has 0 amide bonds. The fourth-order valence-electron chi connectivity index (χ4n) is 5.93. The number of hydrogen-bond acceptors (Lipinski definition) is 6. The predicted octanol–water partition coefficient (Wildman–Crippen LogP) is 6.68. The van der Waals surface area contributed by atoms with Crippen molar-refractivity contribution in [2.45, 2.75) is 30.3 Å². The summed E-state index contributed by atoms with van der Waals surface area (Å²) in [5.74, 6) is 0. The molecule has 0 aliphatic carbocycles. The molecule has 1 aliphatic heterocycles. The van der Waals surface area contributed by atoms with Gasteiger partial charge in [-0.15, -0.1) is 0 Å². The fraction of sp³-hybridized carbons (Fsp3) is 0.182. The van der Waals surface area contributed by atoms with E-state index < -0.39 is 10.0 Å². The maximum absolute atomic E-state index is 12.5. The van der Waals surface area contributed by atoms with E-state index in [4.69, 9.17) is 11.6 Å². The Bertz CT molecular complexity index is 2160. The molecule has 2 aromatic carbocycles. The number of aromatic nitrogens is 6. The summed E-state index contributed by atoms with van der Waals surface area (Å²) in [6, 6.07) is 24.8. The minimum Gasteiger partial charge on any atom is -0.346 e. The van der Waals surface area contributed by atoms with Gasteiger partial charge in [0.1, 0.15) is 11.2 Å². The van der Waals surface area contributed by atoms with E-state index in [1.54, 1.807) is 42.5 Å².